The van der Waals surface area contributed by atoms with Crippen molar-refractivity contribution >= 4 is 20.9 Å². The van der Waals surface area contributed by atoms with Crippen LogP contribution >= 0.6 is 0 Å². The van der Waals surface area contributed by atoms with E-state index in [1.807, 2.05) is 0 Å². The molecule has 0 bridgehead atoms. The molecule has 0 aliphatic heterocycles. The second-order valence-corrected chi connectivity index (χ2v) is 12.3. The first kappa shape index (κ1) is 28.5. The number of benzene rings is 4. The van der Waals surface area contributed by atoms with Crippen LogP contribution in [-0.2, 0) is 22.1 Å². The van der Waals surface area contributed by atoms with Gasteiger partial charge in [0.2, 0.25) is 5.69 Å². The van der Waals surface area contributed by atoms with Gasteiger partial charge in [0.25, 0.3) is 0 Å². The van der Waals surface area contributed by atoms with E-state index in [2.05, 4.69) is 128 Å². The molecule has 4 aromatic carbocycles. The summed E-state index contributed by atoms with van der Waals surface area (Å²) >= 11 is 0. The van der Waals surface area contributed by atoms with E-state index in [-0.39, 0.29) is 5.41 Å². The average molecular weight is 576 g/mol. The maximum atomic E-state index is 10.7. The van der Waals surface area contributed by atoms with E-state index in [4.69, 9.17) is 13.0 Å². The molecule has 0 saturated heterocycles. The summed E-state index contributed by atoms with van der Waals surface area (Å²) in [4.78, 5) is 0. The third-order valence-electron chi connectivity index (χ3n) is 7.10. The molecule has 0 unspecified atom stereocenters. The number of aromatic nitrogens is 1. The van der Waals surface area contributed by atoms with Gasteiger partial charge in [-0.25, -0.2) is 8.42 Å². The van der Waals surface area contributed by atoms with Gasteiger partial charge in [-0.05, 0) is 22.6 Å². The van der Waals surface area contributed by atoms with Crippen LogP contribution in [0.25, 0.3) is 44.3 Å². The molecule has 1 aliphatic carbocycles. The number of hydrogen-bond donors (Lipinski definition) is 0. The Morgan fingerprint density at radius 2 is 1.27 bits per heavy atom. The molecule has 4 nitrogen and oxygen atoms in total. The van der Waals surface area contributed by atoms with Crippen molar-refractivity contribution in [1.29, 1.82) is 0 Å². The number of nitrogens with zero attached hydrogens (tertiary/aromatic N) is 1. The molecule has 1 heterocycles. The molecule has 0 spiro atoms. The molecule has 0 fully saturated rings. The highest BCUT2D eigenvalue weighted by Gasteiger charge is 2.38. The number of rotatable bonds is 3. The van der Waals surface area contributed by atoms with Crippen LogP contribution in [0.5, 0.6) is 0 Å². The third kappa shape index (κ3) is 5.49. The van der Waals surface area contributed by atoms with Crippen LogP contribution in [0.3, 0.4) is 0 Å². The fraction of sp³-hybridized carbons (Fsp3) is 0.182. The van der Waals surface area contributed by atoms with Crippen molar-refractivity contribution in [1.82, 2.24) is 0 Å². The molecule has 0 atom stereocenters. The van der Waals surface area contributed by atoms with Crippen molar-refractivity contribution in [2.75, 3.05) is 0 Å². The maximum absolute atomic E-state index is 10.7. The van der Waals surface area contributed by atoms with E-state index >= 15 is 0 Å². The molecule has 1 aromatic heterocycles. The van der Waals surface area contributed by atoms with Gasteiger partial charge in [0.05, 0.1) is 11.1 Å². The molecule has 5 aromatic rings. The van der Waals surface area contributed by atoms with Crippen LogP contribution in [0, 0.1) is 0 Å². The molecule has 8 heteroatoms. The van der Waals surface area contributed by atoms with Crippen molar-refractivity contribution in [3.63, 3.8) is 0 Å². The van der Waals surface area contributed by atoms with Gasteiger partial charge in [-0.1, -0.05) is 112 Å². The van der Waals surface area contributed by atoms with E-state index in [1.54, 1.807) is 0 Å². The highest BCUT2D eigenvalue weighted by Crippen LogP contribution is 2.50. The first-order valence-electron chi connectivity index (χ1n) is 13.0. The summed E-state index contributed by atoms with van der Waals surface area (Å²) < 4.78 is 61.5. The van der Waals surface area contributed by atoms with E-state index in [0.717, 1.165) is 6.54 Å². The predicted octanol–water partition coefficient (Wildman–Crippen LogP) is 7.84. The van der Waals surface area contributed by atoms with Crippen molar-refractivity contribution in [3.8, 4) is 33.5 Å². The Kier molecular flexibility index (Phi) is 7.26. The van der Waals surface area contributed by atoms with Crippen LogP contribution in [0.4, 0.5) is 13.2 Å². The van der Waals surface area contributed by atoms with Crippen LogP contribution in [0.15, 0.2) is 103 Å². The summed E-state index contributed by atoms with van der Waals surface area (Å²) in [7, 11) is -6.09. The van der Waals surface area contributed by atoms with Gasteiger partial charge in [-0.15, -0.1) is 0 Å². The van der Waals surface area contributed by atoms with Crippen molar-refractivity contribution < 1.29 is 30.7 Å². The van der Waals surface area contributed by atoms with Gasteiger partial charge in [-0.2, -0.15) is 17.7 Å². The highest BCUT2D eigenvalue weighted by atomic mass is 32.2. The molecule has 0 amide bonds. The molecule has 1 aliphatic rings. The standard InChI is InChI=1S/C32H28N.CHF3O3S/c1-32(2,3)28-20-27(23-14-8-5-9-15-23)30-25-18-10-16-24-17-11-19-26(29(24)25)31(30)33(28)21-22-12-6-4-7-13-22;2-1(3,4)8(5,6)7/h4-20H,21H2,1-3H3;(H,5,6,7)/q+1;/p-1. The zero-order valence-corrected chi connectivity index (χ0v) is 23.6. The van der Waals surface area contributed by atoms with Crippen molar-refractivity contribution in [2.24, 2.45) is 0 Å². The summed E-state index contributed by atoms with van der Waals surface area (Å²) in [5.41, 5.74) is 5.02. The Balaban J connectivity index is 0.000000372. The Bertz CT molecular complexity index is 1840. The summed E-state index contributed by atoms with van der Waals surface area (Å²) in [5.74, 6) is 0. The quantitative estimate of drug-likeness (QED) is 0.123. The normalized spacial score (nSPS) is 12.6. The van der Waals surface area contributed by atoms with Crippen LogP contribution in [0.1, 0.15) is 32.0 Å². The molecule has 41 heavy (non-hydrogen) atoms. The number of alkyl halides is 3. The van der Waals surface area contributed by atoms with Gasteiger partial charge in [-0.3, -0.25) is 0 Å². The molecule has 0 saturated carbocycles. The maximum Gasteiger partial charge on any atom is 0.485 e. The van der Waals surface area contributed by atoms with Gasteiger partial charge in [0.1, 0.15) is 0 Å². The first-order chi connectivity index (χ1) is 19.3. The van der Waals surface area contributed by atoms with Crippen LogP contribution < -0.4 is 4.57 Å². The van der Waals surface area contributed by atoms with E-state index in [9.17, 15) is 13.2 Å². The van der Waals surface area contributed by atoms with Gasteiger partial charge in [0.15, 0.2) is 22.4 Å². The number of pyridine rings is 1. The lowest BCUT2D eigenvalue weighted by Gasteiger charge is -2.22. The predicted molar refractivity (Wildman–Crippen MR) is 154 cm³/mol. The largest absolute Gasteiger partial charge is 0.741 e. The molecule has 6 rings (SSSR count). The summed E-state index contributed by atoms with van der Waals surface area (Å²) in [6.45, 7) is 7.84. The number of hydrogen-bond acceptors (Lipinski definition) is 3. The van der Waals surface area contributed by atoms with Crippen molar-refractivity contribution in [3.05, 3.63) is 114 Å². The first-order valence-corrected chi connectivity index (χ1v) is 14.4. The van der Waals surface area contributed by atoms with E-state index in [1.165, 1.54) is 55.5 Å². The molecular formula is C33H28F3NO3S. The molecular weight excluding hydrogens is 547 g/mol. The van der Waals surface area contributed by atoms with Crippen LogP contribution in [-0.4, -0.2) is 18.5 Å². The molecule has 210 valence electrons. The van der Waals surface area contributed by atoms with E-state index in [0.29, 0.717) is 0 Å². The minimum atomic E-state index is -6.09. The SMILES string of the molecule is CC(C)(C)c1cc(-c2ccccc2)c2c([n+]1Cc1ccccc1)-c1cccc3cccc-2c13.O=S(=O)([O-])C(F)(F)F. The van der Waals surface area contributed by atoms with E-state index < -0.39 is 15.6 Å². The Morgan fingerprint density at radius 1 is 0.732 bits per heavy atom. The Labute approximate surface area is 237 Å². The molecule has 0 N–H and O–H groups in total. The lowest BCUT2D eigenvalue weighted by molar-refractivity contribution is -0.687. The Hall–Kier alpha value is -4.01. The minimum Gasteiger partial charge on any atom is -0.741 e. The fourth-order valence-electron chi connectivity index (χ4n) is 5.37. The highest BCUT2D eigenvalue weighted by molar-refractivity contribution is 7.86. The topological polar surface area (TPSA) is 61.1 Å². The Morgan fingerprint density at radius 3 is 1.80 bits per heavy atom. The average Bonchev–Trinajstić information content (AvgIpc) is 3.25. The number of fused-ring (bicyclic) bond motifs is 3. The second kappa shape index (κ2) is 10.4. The van der Waals surface area contributed by atoms with Gasteiger partial charge in [0, 0.05) is 28.0 Å². The summed E-state index contributed by atoms with van der Waals surface area (Å²) in [6.07, 6.45) is 0. The van der Waals surface area contributed by atoms with Crippen LogP contribution in [0.2, 0.25) is 0 Å². The third-order valence-corrected chi connectivity index (χ3v) is 7.66. The van der Waals surface area contributed by atoms with Gasteiger partial charge < -0.3 is 4.55 Å². The fourth-order valence-corrected chi connectivity index (χ4v) is 5.37. The lowest BCUT2D eigenvalue weighted by atomic mass is 9.86. The van der Waals surface area contributed by atoms with Gasteiger partial charge >= 0.3 is 5.51 Å². The summed E-state index contributed by atoms with van der Waals surface area (Å²) in [6, 6.07) is 37.7. The number of halogens is 3. The zero-order chi connectivity index (χ0) is 29.6. The minimum absolute atomic E-state index is 0.00396. The molecule has 0 radical (unpaired) electrons. The monoisotopic (exact) mass is 575 g/mol. The second-order valence-electron chi connectivity index (χ2n) is 11.0. The lowest BCUT2D eigenvalue weighted by Crippen LogP contribution is -2.45. The smallest absolute Gasteiger partial charge is 0.485 e. The zero-order valence-electron chi connectivity index (χ0n) is 22.7. The van der Waals surface area contributed by atoms with Crippen molar-refractivity contribution in [2.45, 2.75) is 38.2 Å². The summed E-state index contributed by atoms with van der Waals surface area (Å²) in [5, 5.41) is 2.68.